The molecule has 1 aliphatic rings. The predicted molar refractivity (Wildman–Crippen MR) is 73.2 cm³/mol. The molecule has 1 saturated carbocycles. The zero-order chi connectivity index (χ0) is 12.7. The lowest BCUT2D eigenvalue weighted by molar-refractivity contribution is 0.0290. The van der Waals surface area contributed by atoms with Crippen molar-refractivity contribution in [1.82, 2.24) is 4.90 Å². The average molecular weight is 242 g/mol. The average Bonchev–Trinajstić information content (AvgIpc) is 2.38. The zero-order valence-corrected chi connectivity index (χ0v) is 11.9. The van der Waals surface area contributed by atoms with Crippen molar-refractivity contribution in [3.8, 4) is 0 Å². The van der Waals surface area contributed by atoms with Gasteiger partial charge in [0.1, 0.15) is 0 Å². The van der Waals surface area contributed by atoms with Gasteiger partial charge in [-0.15, -0.1) is 0 Å². The van der Waals surface area contributed by atoms with Gasteiger partial charge in [-0.05, 0) is 32.7 Å². The number of hydrogen-bond acceptors (Lipinski definition) is 3. The fourth-order valence-corrected chi connectivity index (χ4v) is 3.08. The summed E-state index contributed by atoms with van der Waals surface area (Å²) in [5.74, 6) is 0.863. The van der Waals surface area contributed by atoms with Gasteiger partial charge in [0.05, 0.1) is 6.61 Å². The Morgan fingerprint density at radius 3 is 2.76 bits per heavy atom. The molecule has 0 aromatic heterocycles. The summed E-state index contributed by atoms with van der Waals surface area (Å²) in [6.07, 6.45) is 6.53. The first-order valence-electron chi connectivity index (χ1n) is 7.17. The Bertz CT molecular complexity index is 210. The van der Waals surface area contributed by atoms with E-state index in [2.05, 4.69) is 18.9 Å². The molecule has 0 radical (unpaired) electrons. The van der Waals surface area contributed by atoms with E-state index in [1.807, 2.05) is 6.92 Å². The normalized spacial score (nSPS) is 29.8. The molecule has 102 valence electrons. The van der Waals surface area contributed by atoms with Crippen molar-refractivity contribution in [2.75, 3.05) is 33.4 Å². The fourth-order valence-electron chi connectivity index (χ4n) is 3.08. The van der Waals surface area contributed by atoms with Gasteiger partial charge in [0.15, 0.2) is 0 Å². The monoisotopic (exact) mass is 242 g/mol. The van der Waals surface area contributed by atoms with Crippen LogP contribution in [0.25, 0.3) is 0 Å². The molecular weight excluding hydrogens is 212 g/mol. The summed E-state index contributed by atoms with van der Waals surface area (Å²) >= 11 is 0. The summed E-state index contributed by atoms with van der Waals surface area (Å²) in [5, 5.41) is 0. The minimum absolute atomic E-state index is 0.232. The van der Waals surface area contributed by atoms with Crippen LogP contribution in [0.4, 0.5) is 0 Å². The lowest BCUT2D eigenvalue weighted by Crippen LogP contribution is -2.55. The smallest absolute Gasteiger partial charge is 0.0593 e. The van der Waals surface area contributed by atoms with E-state index in [1.165, 1.54) is 32.1 Å². The van der Waals surface area contributed by atoms with Gasteiger partial charge in [0.2, 0.25) is 0 Å². The molecule has 0 aromatic carbocycles. The summed E-state index contributed by atoms with van der Waals surface area (Å²) in [5.41, 5.74) is 6.31. The van der Waals surface area contributed by atoms with Crippen molar-refractivity contribution in [2.24, 2.45) is 11.7 Å². The summed E-state index contributed by atoms with van der Waals surface area (Å²) < 4.78 is 5.46. The molecule has 0 saturated heterocycles. The highest BCUT2D eigenvalue weighted by Crippen LogP contribution is 2.37. The quantitative estimate of drug-likeness (QED) is 0.696. The lowest BCUT2D eigenvalue weighted by Gasteiger charge is -2.46. The van der Waals surface area contributed by atoms with Crippen LogP contribution in [0.15, 0.2) is 0 Å². The third kappa shape index (κ3) is 3.94. The number of rotatable bonds is 7. The molecule has 1 aliphatic carbocycles. The maximum absolute atomic E-state index is 6.08. The van der Waals surface area contributed by atoms with Gasteiger partial charge < -0.3 is 10.5 Å². The Morgan fingerprint density at radius 1 is 1.41 bits per heavy atom. The van der Waals surface area contributed by atoms with Gasteiger partial charge in [-0.25, -0.2) is 0 Å². The van der Waals surface area contributed by atoms with Crippen molar-refractivity contribution in [2.45, 2.75) is 51.5 Å². The number of nitrogens with zero attached hydrogens (tertiary/aromatic N) is 1. The molecular formula is C14H30N2O. The van der Waals surface area contributed by atoms with Crippen LogP contribution in [0.2, 0.25) is 0 Å². The molecule has 2 N–H and O–H groups in total. The van der Waals surface area contributed by atoms with Crippen LogP contribution < -0.4 is 5.73 Å². The summed E-state index contributed by atoms with van der Waals surface area (Å²) in [6.45, 7) is 7.77. The topological polar surface area (TPSA) is 38.5 Å². The summed E-state index contributed by atoms with van der Waals surface area (Å²) in [4.78, 5) is 2.45. The maximum Gasteiger partial charge on any atom is 0.0593 e. The molecule has 0 aromatic rings. The van der Waals surface area contributed by atoms with Crippen LogP contribution in [0.5, 0.6) is 0 Å². The Kier molecular flexibility index (Phi) is 6.45. The second-order valence-electron chi connectivity index (χ2n) is 5.42. The zero-order valence-electron chi connectivity index (χ0n) is 11.9. The third-order valence-electron chi connectivity index (χ3n) is 4.47. The second-order valence-corrected chi connectivity index (χ2v) is 5.42. The standard InChI is InChI=1S/C14H30N2O/c1-4-13-7-6-8-14(11-13,12-15)16(3)9-10-17-5-2/h13H,4-12,15H2,1-3H3. The number of ether oxygens (including phenoxy) is 1. The van der Waals surface area contributed by atoms with Gasteiger partial charge in [-0.3, -0.25) is 4.90 Å². The number of nitrogens with two attached hydrogens (primary N) is 1. The Morgan fingerprint density at radius 2 is 2.18 bits per heavy atom. The Hall–Kier alpha value is -0.120. The van der Waals surface area contributed by atoms with Gasteiger partial charge in [-0.1, -0.05) is 26.2 Å². The molecule has 0 spiro atoms. The molecule has 0 heterocycles. The first-order chi connectivity index (χ1) is 8.18. The molecule has 0 amide bonds. The largest absolute Gasteiger partial charge is 0.380 e. The fraction of sp³-hybridized carbons (Fsp3) is 1.00. The van der Waals surface area contributed by atoms with Gasteiger partial charge >= 0.3 is 0 Å². The predicted octanol–water partition coefficient (Wildman–Crippen LogP) is 2.25. The van der Waals surface area contributed by atoms with Crippen molar-refractivity contribution in [3.63, 3.8) is 0 Å². The maximum atomic E-state index is 6.08. The van der Waals surface area contributed by atoms with Crippen LogP contribution >= 0.6 is 0 Å². The molecule has 1 rings (SSSR count). The van der Waals surface area contributed by atoms with Gasteiger partial charge in [-0.2, -0.15) is 0 Å². The molecule has 2 atom stereocenters. The van der Waals surface area contributed by atoms with E-state index < -0.39 is 0 Å². The van der Waals surface area contributed by atoms with E-state index in [4.69, 9.17) is 10.5 Å². The Balaban J connectivity index is 2.53. The van der Waals surface area contributed by atoms with Gasteiger partial charge in [0, 0.05) is 25.2 Å². The lowest BCUT2D eigenvalue weighted by atomic mass is 9.74. The van der Waals surface area contributed by atoms with E-state index >= 15 is 0 Å². The number of likely N-dealkylation sites (N-methyl/N-ethyl adjacent to an activating group) is 1. The van der Waals surface area contributed by atoms with E-state index in [-0.39, 0.29) is 5.54 Å². The van der Waals surface area contributed by atoms with Crippen LogP contribution in [-0.2, 0) is 4.74 Å². The van der Waals surface area contributed by atoms with Crippen molar-refractivity contribution < 1.29 is 4.74 Å². The molecule has 2 unspecified atom stereocenters. The molecule has 17 heavy (non-hydrogen) atoms. The molecule has 3 heteroatoms. The van der Waals surface area contributed by atoms with E-state index in [1.54, 1.807) is 0 Å². The van der Waals surface area contributed by atoms with Crippen LogP contribution in [0, 0.1) is 5.92 Å². The first kappa shape index (κ1) is 14.9. The summed E-state index contributed by atoms with van der Waals surface area (Å²) in [6, 6.07) is 0. The third-order valence-corrected chi connectivity index (χ3v) is 4.47. The van der Waals surface area contributed by atoms with Gasteiger partial charge in [0.25, 0.3) is 0 Å². The molecule has 1 fully saturated rings. The van der Waals surface area contributed by atoms with E-state index in [0.29, 0.717) is 0 Å². The summed E-state index contributed by atoms with van der Waals surface area (Å²) in [7, 11) is 2.21. The first-order valence-corrected chi connectivity index (χ1v) is 7.17. The molecule has 3 nitrogen and oxygen atoms in total. The second kappa shape index (κ2) is 7.34. The van der Waals surface area contributed by atoms with E-state index in [9.17, 15) is 0 Å². The SMILES string of the molecule is CCOCCN(C)C1(CN)CCCC(CC)C1. The minimum Gasteiger partial charge on any atom is -0.380 e. The highest BCUT2D eigenvalue weighted by Gasteiger charge is 2.37. The molecule has 0 aliphatic heterocycles. The van der Waals surface area contributed by atoms with Crippen LogP contribution in [-0.4, -0.2) is 43.8 Å². The highest BCUT2D eigenvalue weighted by atomic mass is 16.5. The van der Waals surface area contributed by atoms with Crippen LogP contribution in [0.1, 0.15) is 46.0 Å². The van der Waals surface area contributed by atoms with Crippen LogP contribution in [0.3, 0.4) is 0 Å². The highest BCUT2D eigenvalue weighted by molar-refractivity contribution is 4.95. The van der Waals surface area contributed by atoms with E-state index in [0.717, 1.165) is 32.2 Å². The number of hydrogen-bond donors (Lipinski definition) is 1. The van der Waals surface area contributed by atoms with Crippen molar-refractivity contribution >= 4 is 0 Å². The molecule has 0 bridgehead atoms. The Labute approximate surface area is 107 Å². The van der Waals surface area contributed by atoms with Crippen molar-refractivity contribution in [1.29, 1.82) is 0 Å². The minimum atomic E-state index is 0.232. The van der Waals surface area contributed by atoms with Crippen molar-refractivity contribution in [3.05, 3.63) is 0 Å².